The van der Waals surface area contributed by atoms with E-state index >= 15 is 0 Å². The molecule has 0 saturated carbocycles. The third-order valence-corrected chi connectivity index (χ3v) is 3.46. The van der Waals surface area contributed by atoms with Crippen molar-refractivity contribution in [3.8, 4) is 0 Å². The van der Waals surface area contributed by atoms with Crippen LogP contribution in [-0.4, -0.2) is 30.0 Å². The molecular weight excluding hydrogens is 202 g/mol. The Balaban J connectivity index is 1.98. The lowest BCUT2D eigenvalue weighted by Gasteiger charge is -2.31. The Morgan fingerprint density at radius 1 is 1.44 bits per heavy atom. The molecule has 1 saturated heterocycles. The Hall–Kier alpha value is -0.900. The second kappa shape index (κ2) is 4.95. The van der Waals surface area contributed by atoms with Crippen LogP contribution in [-0.2, 0) is 11.3 Å². The van der Waals surface area contributed by atoms with Gasteiger partial charge in [-0.25, -0.2) is 0 Å². The van der Waals surface area contributed by atoms with Gasteiger partial charge in [0, 0.05) is 13.2 Å². The molecule has 3 heteroatoms. The fraction of sp³-hybridized carbons (Fsp3) is 0.538. The molecule has 2 rings (SSSR count). The summed E-state index contributed by atoms with van der Waals surface area (Å²) in [5.41, 5.74) is 0.963. The maximum Gasteiger partial charge on any atom is 0.0751 e. The Kier molecular flexibility index (Phi) is 3.59. The summed E-state index contributed by atoms with van der Waals surface area (Å²) >= 11 is 0. The van der Waals surface area contributed by atoms with Crippen molar-refractivity contribution in [2.45, 2.75) is 31.5 Å². The van der Waals surface area contributed by atoms with Crippen molar-refractivity contribution >= 4 is 0 Å². The predicted octanol–water partition coefficient (Wildman–Crippen LogP) is 1.32. The van der Waals surface area contributed by atoms with Crippen molar-refractivity contribution < 1.29 is 9.84 Å². The van der Waals surface area contributed by atoms with Gasteiger partial charge in [0.05, 0.1) is 18.2 Å². The summed E-state index contributed by atoms with van der Waals surface area (Å²) in [4.78, 5) is 0. The molecule has 1 aromatic carbocycles. The van der Waals surface area contributed by atoms with Gasteiger partial charge in [-0.05, 0) is 18.9 Å². The second-order valence-electron chi connectivity index (χ2n) is 4.42. The Bertz CT molecular complexity index is 328. The number of ether oxygens (including phenoxy) is 1. The normalized spacial score (nSPS) is 29.5. The average molecular weight is 221 g/mol. The summed E-state index contributed by atoms with van der Waals surface area (Å²) in [5, 5.41) is 13.0. The van der Waals surface area contributed by atoms with Gasteiger partial charge in [-0.2, -0.15) is 0 Å². The molecule has 0 aliphatic carbocycles. The van der Waals surface area contributed by atoms with Gasteiger partial charge in [-0.1, -0.05) is 30.3 Å². The van der Waals surface area contributed by atoms with Gasteiger partial charge < -0.3 is 15.2 Å². The zero-order valence-corrected chi connectivity index (χ0v) is 9.65. The minimum absolute atomic E-state index is 0.0706. The third kappa shape index (κ3) is 2.26. The van der Waals surface area contributed by atoms with E-state index in [0.717, 1.165) is 19.6 Å². The van der Waals surface area contributed by atoms with Crippen LogP contribution >= 0.6 is 0 Å². The molecular formula is C13H19NO2. The van der Waals surface area contributed by atoms with Crippen molar-refractivity contribution in [3.05, 3.63) is 35.9 Å². The summed E-state index contributed by atoms with van der Waals surface area (Å²) in [6, 6.07) is 10.2. The first kappa shape index (κ1) is 11.6. The molecule has 2 N–H and O–H groups in total. The van der Waals surface area contributed by atoms with Crippen molar-refractivity contribution in [2.24, 2.45) is 0 Å². The molecule has 0 bridgehead atoms. The number of aliphatic hydroxyl groups excluding tert-OH is 1. The quantitative estimate of drug-likeness (QED) is 0.805. The van der Waals surface area contributed by atoms with Crippen LogP contribution in [0.2, 0.25) is 0 Å². The van der Waals surface area contributed by atoms with Gasteiger partial charge in [0.1, 0.15) is 0 Å². The lowest BCUT2D eigenvalue weighted by molar-refractivity contribution is 0.0529. The number of nitrogens with one attached hydrogen (secondary N) is 1. The van der Waals surface area contributed by atoms with Crippen LogP contribution < -0.4 is 5.32 Å². The molecule has 1 heterocycles. The van der Waals surface area contributed by atoms with Crippen LogP contribution in [0.15, 0.2) is 30.3 Å². The smallest absolute Gasteiger partial charge is 0.0751 e. The summed E-state index contributed by atoms with van der Waals surface area (Å²) in [5.74, 6) is 0. The molecule has 2 unspecified atom stereocenters. The fourth-order valence-corrected chi connectivity index (χ4v) is 2.15. The lowest BCUT2D eigenvalue weighted by Crippen LogP contribution is -2.53. The van der Waals surface area contributed by atoms with Crippen LogP contribution in [0, 0.1) is 0 Å². The average Bonchev–Trinajstić information content (AvgIpc) is 2.70. The van der Waals surface area contributed by atoms with E-state index in [-0.39, 0.29) is 18.2 Å². The summed E-state index contributed by atoms with van der Waals surface area (Å²) in [6.45, 7) is 3.64. The van der Waals surface area contributed by atoms with E-state index < -0.39 is 0 Å². The zero-order valence-electron chi connectivity index (χ0n) is 9.65. The summed E-state index contributed by atoms with van der Waals surface area (Å²) in [7, 11) is 0. The minimum atomic E-state index is -0.268. The minimum Gasteiger partial charge on any atom is -0.394 e. The van der Waals surface area contributed by atoms with Gasteiger partial charge in [0.2, 0.25) is 0 Å². The highest BCUT2D eigenvalue weighted by Gasteiger charge is 2.40. The molecule has 2 atom stereocenters. The van der Waals surface area contributed by atoms with Crippen molar-refractivity contribution in [2.75, 3.05) is 13.2 Å². The van der Waals surface area contributed by atoms with Crippen LogP contribution in [0.3, 0.4) is 0 Å². The molecule has 0 radical (unpaired) electrons. The molecule has 0 aromatic heterocycles. The van der Waals surface area contributed by atoms with Crippen LogP contribution in [0.1, 0.15) is 18.9 Å². The van der Waals surface area contributed by atoms with Crippen LogP contribution in [0.25, 0.3) is 0 Å². The van der Waals surface area contributed by atoms with E-state index in [1.165, 1.54) is 5.56 Å². The highest BCUT2D eigenvalue weighted by molar-refractivity contribution is 5.15. The third-order valence-electron chi connectivity index (χ3n) is 3.46. The monoisotopic (exact) mass is 221 g/mol. The number of hydrogen-bond donors (Lipinski definition) is 2. The van der Waals surface area contributed by atoms with E-state index in [4.69, 9.17) is 4.74 Å². The molecule has 1 fully saturated rings. The van der Waals surface area contributed by atoms with Gasteiger partial charge in [-0.3, -0.25) is 0 Å². The van der Waals surface area contributed by atoms with Gasteiger partial charge >= 0.3 is 0 Å². The van der Waals surface area contributed by atoms with Crippen molar-refractivity contribution in [1.82, 2.24) is 5.32 Å². The standard InChI is InChI=1S/C13H19NO2/c1-11-13(10-15,7-8-16-11)14-9-12-5-3-2-4-6-12/h2-6,11,14-15H,7-10H2,1H3. The van der Waals surface area contributed by atoms with Crippen LogP contribution in [0.5, 0.6) is 0 Å². The molecule has 3 nitrogen and oxygen atoms in total. The molecule has 1 aromatic rings. The van der Waals surface area contributed by atoms with Gasteiger partial charge in [0.25, 0.3) is 0 Å². The zero-order chi connectivity index (χ0) is 11.4. The first-order valence-corrected chi connectivity index (χ1v) is 5.78. The SMILES string of the molecule is CC1OCCC1(CO)NCc1ccccc1. The highest BCUT2D eigenvalue weighted by Crippen LogP contribution is 2.25. The molecule has 0 spiro atoms. The van der Waals surface area contributed by atoms with E-state index in [9.17, 15) is 5.11 Å². The molecule has 0 amide bonds. The summed E-state index contributed by atoms with van der Waals surface area (Å²) < 4.78 is 5.53. The topological polar surface area (TPSA) is 41.5 Å². The number of hydrogen-bond acceptors (Lipinski definition) is 3. The fourth-order valence-electron chi connectivity index (χ4n) is 2.15. The van der Waals surface area contributed by atoms with Crippen molar-refractivity contribution in [1.29, 1.82) is 0 Å². The van der Waals surface area contributed by atoms with Gasteiger partial charge in [-0.15, -0.1) is 0 Å². The van der Waals surface area contributed by atoms with Gasteiger partial charge in [0.15, 0.2) is 0 Å². The maximum atomic E-state index is 9.52. The Morgan fingerprint density at radius 3 is 2.75 bits per heavy atom. The lowest BCUT2D eigenvalue weighted by atomic mass is 9.92. The van der Waals surface area contributed by atoms with E-state index in [1.807, 2.05) is 25.1 Å². The second-order valence-corrected chi connectivity index (χ2v) is 4.42. The summed E-state index contributed by atoms with van der Waals surface area (Å²) in [6.07, 6.45) is 0.943. The van der Waals surface area contributed by atoms with E-state index in [0.29, 0.717) is 0 Å². The molecule has 16 heavy (non-hydrogen) atoms. The van der Waals surface area contributed by atoms with Crippen LogP contribution in [0.4, 0.5) is 0 Å². The van der Waals surface area contributed by atoms with E-state index in [2.05, 4.69) is 17.4 Å². The number of rotatable bonds is 4. The largest absolute Gasteiger partial charge is 0.394 e. The predicted molar refractivity (Wildman–Crippen MR) is 63.1 cm³/mol. The number of benzene rings is 1. The maximum absolute atomic E-state index is 9.52. The number of aliphatic hydroxyl groups is 1. The molecule has 88 valence electrons. The Morgan fingerprint density at radius 2 is 2.19 bits per heavy atom. The Labute approximate surface area is 96.4 Å². The van der Waals surface area contributed by atoms with E-state index in [1.54, 1.807) is 0 Å². The molecule has 1 aliphatic rings. The molecule has 1 aliphatic heterocycles. The van der Waals surface area contributed by atoms with Crippen molar-refractivity contribution in [3.63, 3.8) is 0 Å². The first-order chi connectivity index (χ1) is 7.77. The first-order valence-electron chi connectivity index (χ1n) is 5.78. The highest BCUT2D eigenvalue weighted by atomic mass is 16.5.